The van der Waals surface area contributed by atoms with Crippen molar-refractivity contribution in [1.29, 1.82) is 0 Å². The van der Waals surface area contributed by atoms with Crippen LogP contribution in [0.2, 0.25) is 0 Å². The largest absolute Gasteiger partial charge is 0.496 e. The molecule has 6 heteroatoms. The van der Waals surface area contributed by atoms with Crippen LogP contribution < -0.4 is 15.4 Å². The molecule has 0 spiro atoms. The third-order valence-electron chi connectivity index (χ3n) is 5.75. The van der Waals surface area contributed by atoms with E-state index in [0.29, 0.717) is 0 Å². The lowest BCUT2D eigenvalue weighted by Gasteiger charge is -2.30. The number of hydrogen-bond acceptors (Lipinski definition) is 4. The average molecular weight is 424 g/mol. The van der Waals surface area contributed by atoms with Crippen LogP contribution >= 0.6 is 0 Å². The lowest BCUT2D eigenvalue weighted by molar-refractivity contribution is 0.239. The third kappa shape index (κ3) is 6.71. The van der Waals surface area contributed by atoms with E-state index in [1.165, 1.54) is 29.5 Å². The Balaban J connectivity index is 1.60. The van der Waals surface area contributed by atoms with Crippen LogP contribution in [-0.2, 0) is 13.1 Å². The van der Waals surface area contributed by atoms with Crippen molar-refractivity contribution in [3.05, 3.63) is 65.2 Å². The van der Waals surface area contributed by atoms with Crippen molar-refractivity contribution in [3.8, 4) is 5.75 Å². The Morgan fingerprint density at radius 3 is 2.35 bits per heavy atom. The monoisotopic (exact) mass is 423 g/mol. The van der Waals surface area contributed by atoms with Gasteiger partial charge in [-0.3, -0.25) is 9.89 Å². The van der Waals surface area contributed by atoms with Gasteiger partial charge < -0.3 is 20.3 Å². The fourth-order valence-corrected chi connectivity index (χ4v) is 4.16. The molecule has 2 aromatic rings. The van der Waals surface area contributed by atoms with Gasteiger partial charge in [0.1, 0.15) is 5.75 Å². The molecule has 3 rings (SSSR count). The van der Waals surface area contributed by atoms with Gasteiger partial charge in [-0.1, -0.05) is 42.5 Å². The number of likely N-dealkylation sites (tertiary alicyclic amines) is 1. The summed E-state index contributed by atoms with van der Waals surface area (Å²) in [5, 5.41) is 6.99. The molecular weight excluding hydrogens is 386 g/mol. The molecule has 0 saturated carbocycles. The number of ether oxygens (including phenoxy) is 1. The SMILES string of the molecule is CN=C(NCc1ccc(CN(C)C)cc1)NCC(c1ccccc1OC)N1CCCC1. The lowest BCUT2D eigenvalue weighted by Crippen LogP contribution is -2.42. The van der Waals surface area contributed by atoms with Crippen molar-refractivity contribution >= 4 is 5.96 Å². The van der Waals surface area contributed by atoms with Crippen molar-refractivity contribution in [3.63, 3.8) is 0 Å². The molecule has 1 aliphatic heterocycles. The lowest BCUT2D eigenvalue weighted by atomic mass is 10.0. The summed E-state index contributed by atoms with van der Waals surface area (Å²) in [6.07, 6.45) is 2.50. The summed E-state index contributed by atoms with van der Waals surface area (Å²) in [6, 6.07) is 17.3. The first kappa shape index (κ1) is 23.1. The zero-order valence-electron chi connectivity index (χ0n) is 19.4. The molecule has 2 N–H and O–H groups in total. The Morgan fingerprint density at radius 1 is 1.03 bits per heavy atom. The van der Waals surface area contributed by atoms with Crippen molar-refractivity contribution in [2.24, 2.45) is 4.99 Å². The van der Waals surface area contributed by atoms with Gasteiger partial charge in [-0.05, 0) is 57.2 Å². The molecule has 0 radical (unpaired) electrons. The maximum atomic E-state index is 5.65. The summed E-state index contributed by atoms with van der Waals surface area (Å²) in [7, 11) is 7.75. The van der Waals surface area contributed by atoms with Crippen molar-refractivity contribution in [1.82, 2.24) is 20.4 Å². The first-order valence-electron chi connectivity index (χ1n) is 11.1. The molecule has 0 bridgehead atoms. The topological polar surface area (TPSA) is 52.1 Å². The second-order valence-electron chi connectivity index (χ2n) is 8.36. The first-order valence-corrected chi connectivity index (χ1v) is 11.1. The standard InChI is InChI=1S/C25H37N5O/c1-26-25(27-17-20-11-13-21(14-12-20)19-29(2)3)28-18-23(30-15-7-8-16-30)22-9-5-6-10-24(22)31-4/h5-6,9-14,23H,7-8,15-19H2,1-4H3,(H2,26,27,28). The smallest absolute Gasteiger partial charge is 0.191 e. The number of benzene rings is 2. The van der Waals surface area contributed by atoms with Crippen molar-refractivity contribution < 1.29 is 4.74 Å². The van der Waals surface area contributed by atoms with E-state index in [0.717, 1.165) is 44.4 Å². The van der Waals surface area contributed by atoms with Gasteiger partial charge in [-0.2, -0.15) is 0 Å². The first-order chi connectivity index (χ1) is 15.1. The van der Waals surface area contributed by atoms with Crippen LogP contribution in [0.4, 0.5) is 0 Å². The van der Waals surface area contributed by atoms with Gasteiger partial charge in [0, 0.05) is 32.2 Å². The Kier molecular flexibility index (Phi) is 8.74. The second kappa shape index (κ2) is 11.7. The van der Waals surface area contributed by atoms with Crippen LogP contribution in [0.5, 0.6) is 5.75 Å². The summed E-state index contributed by atoms with van der Waals surface area (Å²) in [5.41, 5.74) is 3.79. The molecule has 2 aromatic carbocycles. The summed E-state index contributed by atoms with van der Waals surface area (Å²) in [4.78, 5) is 9.15. The van der Waals surface area contributed by atoms with E-state index in [9.17, 15) is 0 Å². The third-order valence-corrected chi connectivity index (χ3v) is 5.75. The molecule has 1 aliphatic rings. The Labute approximate surface area is 187 Å². The van der Waals surface area contributed by atoms with Crippen molar-refractivity contribution in [2.75, 3.05) is 47.9 Å². The normalized spacial score (nSPS) is 15.8. The Morgan fingerprint density at radius 2 is 1.71 bits per heavy atom. The van der Waals surface area contributed by atoms with Gasteiger partial charge in [0.2, 0.25) is 0 Å². The molecule has 0 amide bonds. The maximum absolute atomic E-state index is 5.65. The Bertz CT molecular complexity index is 828. The van der Waals surface area contributed by atoms with Crippen LogP contribution in [0, 0.1) is 0 Å². The van der Waals surface area contributed by atoms with E-state index in [1.807, 2.05) is 19.2 Å². The van der Waals surface area contributed by atoms with Gasteiger partial charge in [-0.25, -0.2) is 0 Å². The van der Waals surface area contributed by atoms with E-state index < -0.39 is 0 Å². The molecule has 6 nitrogen and oxygen atoms in total. The summed E-state index contributed by atoms with van der Waals surface area (Å²) < 4.78 is 5.65. The number of methoxy groups -OCH3 is 1. The van der Waals surface area contributed by atoms with Gasteiger partial charge >= 0.3 is 0 Å². The summed E-state index contributed by atoms with van der Waals surface area (Å²) in [6.45, 7) is 4.72. The molecule has 1 saturated heterocycles. The van der Waals surface area contributed by atoms with E-state index in [4.69, 9.17) is 4.74 Å². The van der Waals surface area contributed by atoms with E-state index in [2.05, 4.69) is 75.9 Å². The van der Waals surface area contributed by atoms with Gasteiger partial charge in [0.05, 0.1) is 13.2 Å². The quantitative estimate of drug-likeness (QED) is 0.479. The van der Waals surface area contributed by atoms with Crippen LogP contribution in [0.15, 0.2) is 53.5 Å². The van der Waals surface area contributed by atoms with E-state index >= 15 is 0 Å². The van der Waals surface area contributed by atoms with Crippen molar-refractivity contribution in [2.45, 2.75) is 32.0 Å². The average Bonchev–Trinajstić information content (AvgIpc) is 3.31. The molecule has 1 fully saturated rings. The summed E-state index contributed by atoms with van der Waals surface area (Å²) >= 11 is 0. The van der Waals surface area contributed by atoms with Gasteiger partial charge in [0.25, 0.3) is 0 Å². The zero-order valence-corrected chi connectivity index (χ0v) is 19.4. The highest BCUT2D eigenvalue weighted by Gasteiger charge is 2.26. The van der Waals surface area contributed by atoms with Crippen LogP contribution in [0.3, 0.4) is 0 Å². The second-order valence-corrected chi connectivity index (χ2v) is 8.36. The van der Waals surface area contributed by atoms with Gasteiger partial charge in [0.15, 0.2) is 5.96 Å². The molecule has 1 heterocycles. The maximum Gasteiger partial charge on any atom is 0.191 e. The number of aliphatic imine (C=N–C) groups is 1. The predicted molar refractivity (Wildman–Crippen MR) is 129 cm³/mol. The van der Waals surface area contributed by atoms with E-state index in [1.54, 1.807) is 7.11 Å². The van der Waals surface area contributed by atoms with Crippen LogP contribution in [0.25, 0.3) is 0 Å². The molecule has 0 aliphatic carbocycles. The highest BCUT2D eigenvalue weighted by Crippen LogP contribution is 2.31. The molecule has 1 atom stereocenters. The molecule has 1 unspecified atom stereocenters. The molecule has 0 aromatic heterocycles. The predicted octanol–water partition coefficient (Wildman–Crippen LogP) is 3.26. The van der Waals surface area contributed by atoms with Crippen LogP contribution in [0.1, 0.15) is 35.6 Å². The number of nitrogens with zero attached hydrogens (tertiary/aromatic N) is 3. The summed E-state index contributed by atoms with van der Waals surface area (Å²) in [5.74, 6) is 1.76. The number of nitrogens with one attached hydrogen (secondary N) is 2. The number of para-hydroxylation sites is 1. The highest BCUT2D eigenvalue weighted by molar-refractivity contribution is 5.79. The van der Waals surface area contributed by atoms with Gasteiger partial charge in [-0.15, -0.1) is 0 Å². The zero-order chi connectivity index (χ0) is 22.1. The minimum atomic E-state index is 0.252. The Hall–Kier alpha value is -2.57. The number of guanidine groups is 1. The highest BCUT2D eigenvalue weighted by atomic mass is 16.5. The minimum Gasteiger partial charge on any atom is -0.496 e. The molecular formula is C25H37N5O. The fourth-order valence-electron chi connectivity index (χ4n) is 4.16. The number of hydrogen-bond donors (Lipinski definition) is 2. The van der Waals surface area contributed by atoms with Crippen LogP contribution in [-0.4, -0.2) is 63.6 Å². The number of rotatable bonds is 9. The van der Waals surface area contributed by atoms with E-state index in [-0.39, 0.29) is 6.04 Å². The molecule has 31 heavy (non-hydrogen) atoms. The fraction of sp³-hybridized carbons (Fsp3) is 0.480. The minimum absolute atomic E-state index is 0.252. The molecule has 168 valence electrons.